The van der Waals surface area contributed by atoms with Gasteiger partial charge in [-0.25, -0.2) is 4.79 Å². The third-order valence-corrected chi connectivity index (χ3v) is 6.39. The standard InChI is InChI=1S/C27H43N3O4/c1-17(2)22(29-26(33)34-27(5,6)7)25(32)30(8)23(20-15-14-18(3)19(4)16-20)24(31)28-21-12-10-9-11-13-21/h14-17,21-23H,9-13H2,1-8H3,(H,28,31)(H,29,33). The van der Waals surface area contributed by atoms with Crippen LogP contribution in [-0.4, -0.2) is 47.5 Å². The molecule has 1 aliphatic rings. The zero-order chi connectivity index (χ0) is 25.6. The normalized spacial score (nSPS) is 16.5. The maximum Gasteiger partial charge on any atom is 0.408 e. The molecule has 3 amide bonds. The lowest BCUT2D eigenvalue weighted by Gasteiger charge is -2.34. The van der Waals surface area contributed by atoms with Gasteiger partial charge in [-0.15, -0.1) is 0 Å². The molecular formula is C27H43N3O4. The Hall–Kier alpha value is -2.57. The summed E-state index contributed by atoms with van der Waals surface area (Å²) in [6, 6.07) is 4.35. The van der Waals surface area contributed by atoms with Crippen LogP contribution < -0.4 is 10.6 Å². The zero-order valence-corrected chi connectivity index (χ0v) is 22.2. The summed E-state index contributed by atoms with van der Waals surface area (Å²) in [4.78, 5) is 41.1. The molecule has 7 nitrogen and oxygen atoms in total. The number of carbonyl (C=O) groups excluding carboxylic acids is 3. The van der Waals surface area contributed by atoms with E-state index in [1.165, 1.54) is 11.3 Å². The summed E-state index contributed by atoms with van der Waals surface area (Å²) in [5, 5.41) is 5.90. The van der Waals surface area contributed by atoms with Gasteiger partial charge in [-0.1, -0.05) is 51.3 Å². The van der Waals surface area contributed by atoms with Gasteiger partial charge in [0.2, 0.25) is 11.8 Å². The molecule has 34 heavy (non-hydrogen) atoms. The number of carbonyl (C=O) groups is 3. The smallest absolute Gasteiger partial charge is 0.408 e. The summed E-state index contributed by atoms with van der Waals surface area (Å²) in [5.41, 5.74) is 2.26. The van der Waals surface area contributed by atoms with E-state index in [4.69, 9.17) is 4.74 Å². The van der Waals surface area contributed by atoms with Gasteiger partial charge in [0.05, 0.1) is 0 Å². The van der Waals surface area contributed by atoms with E-state index in [2.05, 4.69) is 10.6 Å². The second kappa shape index (κ2) is 11.7. The van der Waals surface area contributed by atoms with Crippen LogP contribution in [0.1, 0.15) is 89.5 Å². The topological polar surface area (TPSA) is 87.7 Å². The van der Waals surface area contributed by atoms with Crippen LogP contribution >= 0.6 is 0 Å². The zero-order valence-electron chi connectivity index (χ0n) is 22.2. The van der Waals surface area contributed by atoms with Crippen LogP contribution in [0.3, 0.4) is 0 Å². The van der Waals surface area contributed by atoms with Gasteiger partial charge in [-0.05, 0) is 70.1 Å². The highest BCUT2D eigenvalue weighted by molar-refractivity contribution is 5.92. The number of aryl methyl sites for hydroxylation is 2. The number of ether oxygens (including phenoxy) is 1. The van der Waals surface area contributed by atoms with Crippen molar-refractivity contribution in [3.8, 4) is 0 Å². The molecule has 0 heterocycles. The highest BCUT2D eigenvalue weighted by Gasteiger charge is 2.36. The van der Waals surface area contributed by atoms with Gasteiger partial charge in [-0.3, -0.25) is 9.59 Å². The number of alkyl carbamates (subject to hydrolysis) is 1. The Kier molecular flexibility index (Phi) is 9.54. The monoisotopic (exact) mass is 473 g/mol. The van der Waals surface area contributed by atoms with Crippen LogP contribution in [0.2, 0.25) is 0 Å². The van der Waals surface area contributed by atoms with Crippen molar-refractivity contribution in [1.82, 2.24) is 15.5 Å². The molecule has 1 aromatic carbocycles. The quantitative estimate of drug-likeness (QED) is 0.595. The van der Waals surface area contributed by atoms with Gasteiger partial charge in [0, 0.05) is 13.1 Å². The Morgan fingerprint density at radius 1 is 1.03 bits per heavy atom. The largest absolute Gasteiger partial charge is 0.444 e. The first-order valence-electron chi connectivity index (χ1n) is 12.4. The highest BCUT2D eigenvalue weighted by atomic mass is 16.6. The van der Waals surface area contributed by atoms with E-state index < -0.39 is 23.8 Å². The third kappa shape index (κ3) is 7.74. The van der Waals surface area contributed by atoms with Crippen molar-refractivity contribution < 1.29 is 19.1 Å². The predicted octanol–water partition coefficient (Wildman–Crippen LogP) is 4.80. The van der Waals surface area contributed by atoms with Gasteiger partial charge >= 0.3 is 6.09 Å². The van der Waals surface area contributed by atoms with E-state index in [0.717, 1.165) is 42.4 Å². The molecule has 2 unspecified atom stereocenters. The first kappa shape index (κ1) is 27.7. The lowest BCUT2D eigenvalue weighted by Crippen LogP contribution is -2.54. The van der Waals surface area contributed by atoms with Crippen LogP contribution in [-0.2, 0) is 14.3 Å². The van der Waals surface area contributed by atoms with Crippen LogP contribution in [0.25, 0.3) is 0 Å². The van der Waals surface area contributed by atoms with Crippen molar-refractivity contribution in [2.45, 2.75) is 104 Å². The average molecular weight is 474 g/mol. The molecule has 190 valence electrons. The number of rotatable bonds is 7. The number of nitrogens with one attached hydrogen (secondary N) is 2. The summed E-state index contributed by atoms with van der Waals surface area (Å²) in [5.74, 6) is -0.710. The van der Waals surface area contributed by atoms with Crippen molar-refractivity contribution in [2.24, 2.45) is 5.92 Å². The minimum Gasteiger partial charge on any atom is -0.444 e. The fraction of sp³-hybridized carbons (Fsp3) is 0.667. The van der Waals surface area contributed by atoms with E-state index in [9.17, 15) is 14.4 Å². The van der Waals surface area contributed by atoms with E-state index in [-0.39, 0.29) is 23.8 Å². The van der Waals surface area contributed by atoms with Gasteiger partial charge in [0.15, 0.2) is 0 Å². The van der Waals surface area contributed by atoms with Gasteiger partial charge in [-0.2, -0.15) is 0 Å². The molecule has 1 fully saturated rings. The van der Waals surface area contributed by atoms with E-state index in [0.29, 0.717) is 0 Å². The Bertz CT molecular complexity index is 869. The summed E-state index contributed by atoms with van der Waals surface area (Å²) in [7, 11) is 1.63. The number of benzene rings is 1. The summed E-state index contributed by atoms with van der Waals surface area (Å²) in [6.07, 6.45) is 4.65. The maximum absolute atomic E-state index is 13.6. The van der Waals surface area contributed by atoms with Crippen molar-refractivity contribution >= 4 is 17.9 Å². The molecule has 1 saturated carbocycles. The molecule has 0 saturated heterocycles. The molecule has 2 N–H and O–H groups in total. The van der Waals surface area contributed by atoms with Gasteiger partial charge in [0.1, 0.15) is 17.7 Å². The lowest BCUT2D eigenvalue weighted by molar-refractivity contribution is -0.142. The number of hydrogen-bond donors (Lipinski definition) is 2. The molecule has 2 atom stereocenters. The summed E-state index contributed by atoms with van der Waals surface area (Å²) in [6.45, 7) is 13.1. The fourth-order valence-corrected chi connectivity index (χ4v) is 4.31. The van der Waals surface area contributed by atoms with Crippen LogP contribution in [0, 0.1) is 19.8 Å². The highest BCUT2D eigenvalue weighted by Crippen LogP contribution is 2.26. The fourth-order valence-electron chi connectivity index (χ4n) is 4.31. The first-order valence-corrected chi connectivity index (χ1v) is 12.4. The van der Waals surface area contributed by atoms with E-state index >= 15 is 0 Å². The molecule has 0 bridgehead atoms. The van der Waals surface area contributed by atoms with Crippen LogP contribution in [0.15, 0.2) is 18.2 Å². The van der Waals surface area contributed by atoms with E-state index in [1.54, 1.807) is 27.8 Å². The Morgan fingerprint density at radius 2 is 1.65 bits per heavy atom. The lowest BCUT2D eigenvalue weighted by atomic mass is 9.94. The number of likely N-dealkylation sites (N-methyl/N-ethyl adjacent to an activating group) is 1. The van der Waals surface area contributed by atoms with Crippen LogP contribution in [0.4, 0.5) is 4.79 Å². The van der Waals surface area contributed by atoms with Gasteiger partial charge in [0.25, 0.3) is 0 Å². The second-order valence-corrected chi connectivity index (χ2v) is 10.9. The number of hydrogen-bond acceptors (Lipinski definition) is 4. The summed E-state index contributed by atoms with van der Waals surface area (Å²) < 4.78 is 5.37. The Balaban J connectivity index is 2.32. The molecule has 0 aromatic heterocycles. The van der Waals surface area contributed by atoms with Crippen molar-refractivity contribution in [2.75, 3.05) is 7.05 Å². The molecule has 7 heteroatoms. The Labute approximate surface area is 205 Å². The molecule has 2 rings (SSSR count). The van der Waals surface area contributed by atoms with Gasteiger partial charge < -0.3 is 20.3 Å². The maximum atomic E-state index is 13.6. The SMILES string of the molecule is Cc1ccc(C(C(=O)NC2CCCCC2)N(C)C(=O)C(NC(=O)OC(C)(C)C)C(C)C)cc1C. The molecule has 1 aromatic rings. The minimum atomic E-state index is -0.823. The second-order valence-electron chi connectivity index (χ2n) is 10.9. The first-order chi connectivity index (χ1) is 15.8. The molecule has 1 aliphatic carbocycles. The average Bonchev–Trinajstić information content (AvgIpc) is 2.73. The van der Waals surface area contributed by atoms with Crippen molar-refractivity contribution in [3.63, 3.8) is 0 Å². The molecule has 0 radical (unpaired) electrons. The number of nitrogens with zero attached hydrogens (tertiary/aromatic N) is 1. The van der Waals surface area contributed by atoms with Crippen molar-refractivity contribution in [1.29, 1.82) is 0 Å². The molecule has 0 aliphatic heterocycles. The summed E-state index contributed by atoms with van der Waals surface area (Å²) >= 11 is 0. The predicted molar refractivity (Wildman–Crippen MR) is 134 cm³/mol. The Morgan fingerprint density at radius 3 is 2.18 bits per heavy atom. The van der Waals surface area contributed by atoms with E-state index in [1.807, 2.05) is 45.9 Å². The number of amides is 3. The van der Waals surface area contributed by atoms with Crippen LogP contribution in [0.5, 0.6) is 0 Å². The van der Waals surface area contributed by atoms with Crippen molar-refractivity contribution in [3.05, 3.63) is 34.9 Å². The third-order valence-electron chi connectivity index (χ3n) is 6.39. The minimum absolute atomic E-state index is 0.125. The molecular weight excluding hydrogens is 430 g/mol. The molecule has 0 spiro atoms.